The Morgan fingerprint density at radius 3 is 2.42 bits per heavy atom. The molecular weight excluding hydrogens is 461 g/mol. The van der Waals surface area contributed by atoms with Gasteiger partial charge in [-0.3, -0.25) is 14.9 Å². The zero-order valence-electron chi connectivity index (χ0n) is 17.6. The normalized spacial score (nSPS) is 11.1. The smallest absolute Gasteiger partial charge is 0.416 e. The van der Waals surface area contributed by atoms with E-state index in [1.807, 2.05) is 0 Å². The molecule has 0 aliphatic rings. The second-order valence-electron chi connectivity index (χ2n) is 6.68. The van der Waals surface area contributed by atoms with Crippen LogP contribution in [0.1, 0.15) is 11.1 Å². The zero-order chi connectivity index (χ0) is 24.0. The number of carbonyl (C=O) groups excluding carboxylic acids is 2. The molecule has 33 heavy (non-hydrogen) atoms. The lowest BCUT2D eigenvalue weighted by atomic mass is 10.1. The SMILES string of the molecule is COc1ccc(OC)c(-c2csc(NC(=O)COC(=O)Cc3ccc(C(F)(F)F)cc3)n2)c1. The molecule has 0 aliphatic heterocycles. The summed E-state index contributed by atoms with van der Waals surface area (Å²) in [6.45, 7) is -0.559. The highest BCUT2D eigenvalue weighted by atomic mass is 32.1. The van der Waals surface area contributed by atoms with Gasteiger partial charge in [-0.2, -0.15) is 13.2 Å². The third-order valence-electron chi connectivity index (χ3n) is 4.43. The number of rotatable bonds is 8. The molecule has 0 aliphatic carbocycles. The average Bonchev–Trinajstić information content (AvgIpc) is 3.25. The molecule has 0 radical (unpaired) electrons. The first-order valence-electron chi connectivity index (χ1n) is 9.49. The van der Waals surface area contributed by atoms with Gasteiger partial charge in [0.25, 0.3) is 5.91 Å². The van der Waals surface area contributed by atoms with Crippen LogP contribution in [-0.2, 0) is 26.9 Å². The molecule has 0 saturated carbocycles. The fraction of sp³-hybridized carbons (Fsp3) is 0.227. The van der Waals surface area contributed by atoms with Crippen LogP contribution in [0.5, 0.6) is 11.5 Å². The predicted octanol–water partition coefficient (Wildman–Crippen LogP) is 4.57. The molecule has 0 saturated heterocycles. The van der Waals surface area contributed by atoms with Gasteiger partial charge in [-0.25, -0.2) is 4.98 Å². The largest absolute Gasteiger partial charge is 0.497 e. The molecular formula is C22H19F3N2O5S. The topological polar surface area (TPSA) is 86.8 Å². The first kappa shape index (κ1) is 24.1. The van der Waals surface area contributed by atoms with Crippen molar-refractivity contribution in [3.63, 3.8) is 0 Å². The summed E-state index contributed by atoms with van der Waals surface area (Å²) in [6, 6.07) is 9.38. The number of ether oxygens (including phenoxy) is 3. The van der Waals surface area contributed by atoms with Crippen LogP contribution in [0.2, 0.25) is 0 Å². The van der Waals surface area contributed by atoms with E-state index in [0.29, 0.717) is 33.5 Å². The van der Waals surface area contributed by atoms with Crippen LogP contribution >= 0.6 is 11.3 Å². The quantitative estimate of drug-likeness (QED) is 0.476. The minimum atomic E-state index is -4.45. The van der Waals surface area contributed by atoms with Gasteiger partial charge < -0.3 is 14.2 Å². The monoisotopic (exact) mass is 480 g/mol. The summed E-state index contributed by atoms with van der Waals surface area (Å²) in [4.78, 5) is 28.4. The lowest BCUT2D eigenvalue weighted by Gasteiger charge is -2.08. The number of nitrogens with one attached hydrogen (secondary N) is 1. The van der Waals surface area contributed by atoms with E-state index in [0.717, 1.165) is 12.1 Å². The molecule has 174 valence electrons. The number of anilines is 1. The van der Waals surface area contributed by atoms with E-state index in [-0.39, 0.29) is 6.42 Å². The first-order chi connectivity index (χ1) is 15.7. The zero-order valence-corrected chi connectivity index (χ0v) is 18.4. The number of nitrogens with zero attached hydrogens (tertiary/aromatic N) is 1. The van der Waals surface area contributed by atoms with Crippen LogP contribution in [-0.4, -0.2) is 37.7 Å². The molecule has 1 amide bonds. The maximum atomic E-state index is 12.6. The van der Waals surface area contributed by atoms with Gasteiger partial charge in [0.1, 0.15) is 11.5 Å². The van der Waals surface area contributed by atoms with Crippen LogP contribution < -0.4 is 14.8 Å². The molecule has 0 atom stereocenters. The van der Waals surface area contributed by atoms with Gasteiger partial charge in [0.05, 0.1) is 31.9 Å². The van der Waals surface area contributed by atoms with Crippen molar-refractivity contribution >= 4 is 28.3 Å². The van der Waals surface area contributed by atoms with Crippen LogP contribution in [0.25, 0.3) is 11.3 Å². The lowest BCUT2D eigenvalue weighted by Crippen LogP contribution is -2.21. The third kappa shape index (κ3) is 6.45. The highest BCUT2D eigenvalue weighted by Gasteiger charge is 2.30. The van der Waals surface area contributed by atoms with Crippen molar-refractivity contribution in [1.29, 1.82) is 0 Å². The van der Waals surface area contributed by atoms with E-state index in [2.05, 4.69) is 10.3 Å². The maximum absolute atomic E-state index is 12.6. The van der Waals surface area contributed by atoms with Gasteiger partial charge in [-0.1, -0.05) is 12.1 Å². The van der Waals surface area contributed by atoms with Crippen molar-refractivity contribution in [3.8, 4) is 22.8 Å². The van der Waals surface area contributed by atoms with Crippen molar-refractivity contribution < 1.29 is 37.0 Å². The Hall–Kier alpha value is -3.60. The molecule has 1 N–H and O–H groups in total. The summed E-state index contributed by atoms with van der Waals surface area (Å²) >= 11 is 1.17. The summed E-state index contributed by atoms with van der Waals surface area (Å²) in [5, 5.41) is 4.55. The average molecular weight is 480 g/mol. The minimum Gasteiger partial charge on any atom is -0.497 e. The summed E-state index contributed by atoms with van der Waals surface area (Å²) < 4.78 is 53.2. The summed E-state index contributed by atoms with van der Waals surface area (Å²) in [6.07, 6.45) is -4.72. The third-order valence-corrected chi connectivity index (χ3v) is 5.18. The lowest BCUT2D eigenvalue weighted by molar-refractivity contribution is -0.146. The molecule has 3 aromatic rings. The molecule has 0 bridgehead atoms. The summed E-state index contributed by atoms with van der Waals surface area (Å²) in [5.41, 5.74) is 0.764. The Kier molecular flexibility index (Phi) is 7.54. The van der Waals surface area contributed by atoms with Crippen LogP contribution in [0, 0.1) is 0 Å². The molecule has 3 rings (SSSR count). The Bertz CT molecular complexity index is 1130. The Labute approximate surface area is 191 Å². The first-order valence-corrected chi connectivity index (χ1v) is 10.4. The number of methoxy groups -OCH3 is 2. The molecule has 0 unspecified atom stereocenters. The molecule has 0 fully saturated rings. The van der Waals surface area contributed by atoms with Crippen LogP contribution in [0.4, 0.5) is 18.3 Å². The Morgan fingerprint density at radius 2 is 1.79 bits per heavy atom. The number of benzene rings is 2. The number of carbonyl (C=O) groups is 2. The number of aromatic nitrogens is 1. The number of esters is 1. The minimum absolute atomic E-state index is 0.261. The van der Waals surface area contributed by atoms with E-state index in [9.17, 15) is 22.8 Å². The van der Waals surface area contributed by atoms with Crippen LogP contribution in [0.3, 0.4) is 0 Å². The second kappa shape index (κ2) is 10.3. The Balaban J connectivity index is 1.54. The van der Waals surface area contributed by atoms with Gasteiger partial charge in [-0.15, -0.1) is 11.3 Å². The van der Waals surface area contributed by atoms with Crippen molar-refractivity contribution in [1.82, 2.24) is 4.98 Å². The molecule has 11 heteroatoms. The molecule has 0 spiro atoms. The summed E-state index contributed by atoms with van der Waals surface area (Å²) in [7, 11) is 3.07. The molecule has 1 heterocycles. The van der Waals surface area contributed by atoms with E-state index in [1.54, 1.807) is 23.6 Å². The Morgan fingerprint density at radius 1 is 1.06 bits per heavy atom. The van der Waals surface area contributed by atoms with E-state index in [1.165, 1.54) is 37.7 Å². The highest BCUT2D eigenvalue weighted by Crippen LogP contribution is 2.35. The van der Waals surface area contributed by atoms with E-state index >= 15 is 0 Å². The molecule has 7 nitrogen and oxygen atoms in total. The standard InChI is InChI=1S/C22H19F3N2O5S/c1-30-15-7-8-18(31-2)16(10-15)17-12-33-21(26-17)27-19(28)11-32-20(29)9-13-3-5-14(6-4-13)22(23,24)25/h3-8,10,12H,9,11H2,1-2H3,(H,26,27,28). The van der Waals surface area contributed by atoms with Crippen molar-refractivity contribution in [2.75, 3.05) is 26.1 Å². The van der Waals surface area contributed by atoms with Gasteiger partial charge in [-0.05, 0) is 35.9 Å². The van der Waals surface area contributed by atoms with Crippen LogP contribution in [0.15, 0.2) is 47.8 Å². The maximum Gasteiger partial charge on any atom is 0.416 e. The van der Waals surface area contributed by atoms with Crippen molar-refractivity contribution in [2.45, 2.75) is 12.6 Å². The molecule has 2 aromatic carbocycles. The fourth-order valence-electron chi connectivity index (χ4n) is 2.80. The van der Waals surface area contributed by atoms with Gasteiger partial charge in [0.15, 0.2) is 11.7 Å². The van der Waals surface area contributed by atoms with E-state index < -0.39 is 30.2 Å². The number of thiazole rings is 1. The molecule has 1 aromatic heterocycles. The number of amides is 1. The number of hydrogen-bond donors (Lipinski definition) is 1. The second-order valence-corrected chi connectivity index (χ2v) is 7.54. The van der Waals surface area contributed by atoms with Gasteiger partial charge in [0, 0.05) is 10.9 Å². The number of hydrogen-bond acceptors (Lipinski definition) is 7. The predicted molar refractivity (Wildman–Crippen MR) is 115 cm³/mol. The van der Waals surface area contributed by atoms with Gasteiger partial charge in [0.2, 0.25) is 0 Å². The van der Waals surface area contributed by atoms with Crippen molar-refractivity contribution in [3.05, 3.63) is 59.0 Å². The van der Waals surface area contributed by atoms with E-state index in [4.69, 9.17) is 14.2 Å². The highest BCUT2D eigenvalue weighted by molar-refractivity contribution is 7.14. The van der Waals surface area contributed by atoms with Crippen molar-refractivity contribution in [2.24, 2.45) is 0 Å². The summed E-state index contributed by atoms with van der Waals surface area (Å²) in [5.74, 6) is -0.152. The van der Waals surface area contributed by atoms with Gasteiger partial charge >= 0.3 is 12.1 Å². The number of alkyl halides is 3. The fourth-order valence-corrected chi connectivity index (χ4v) is 3.53. The number of halogens is 3.